The van der Waals surface area contributed by atoms with Crippen molar-refractivity contribution >= 4 is 12.0 Å². The van der Waals surface area contributed by atoms with E-state index in [-0.39, 0.29) is 11.1 Å². The third-order valence-corrected chi connectivity index (χ3v) is 3.91. The summed E-state index contributed by atoms with van der Waals surface area (Å²) in [4.78, 5) is 1.12. The maximum Gasteiger partial charge on any atom is 0.573 e. The molecule has 2 aromatic carbocycles. The maximum absolute atomic E-state index is 14.5. The van der Waals surface area contributed by atoms with E-state index in [0.29, 0.717) is 11.1 Å². The zero-order valence-electron chi connectivity index (χ0n) is 15.6. The van der Waals surface area contributed by atoms with Gasteiger partial charge in [-0.1, -0.05) is 30.3 Å². The first kappa shape index (κ1) is 21.0. The SMILES string of the molecule is CC(=C\c1ccc(-c2ccc(OC(F)(F)F)cc2)c(F)c1)/C([O-])=N/[n+]1ccccn1. The summed E-state index contributed by atoms with van der Waals surface area (Å²) in [6.45, 7) is 1.54. The Bertz CT molecular complexity index is 1080. The van der Waals surface area contributed by atoms with Crippen LogP contribution in [0.5, 0.6) is 5.75 Å². The Morgan fingerprint density at radius 3 is 2.47 bits per heavy atom. The lowest BCUT2D eigenvalue weighted by Crippen LogP contribution is -2.36. The molecule has 0 saturated heterocycles. The van der Waals surface area contributed by atoms with Gasteiger partial charge in [0, 0.05) is 21.8 Å². The van der Waals surface area contributed by atoms with Crippen LogP contribution >= 0.6 is 0 Å². The number of hydrogen-bond donors (Lipinski definition) is 0. The van der Waals surface area contributed by atoms with Crippen molar-refractivity contribution in [2.75, 3.05) is 0 Å². The van der Waals surface area contributed by atoms with Gasteiger partial charge in [0.2, 0.25) is 6.20 Å². The third-order valence-electron chi connectivity index (χ3n) is 3.91. The average molecular weight is 417 g/mol. The van der Waals surface area contributed by atoms with Crippen LogP contribution in [-0.4, -0.2) is 17.4 Å². The molecule has 0 bridgehead atoms. The first-order valence-electron chi connectivity index (χ1n) is 8.65. The molecular weight excluding hydrogens is 402 g/mol. The summed E-state index contributed by atoms with van der Waals surface area (Å²) in [5, 5.41) is 19.8. The molecule has 0 aliphatic rings. The van der Waals surface area contributed by atoms with E-state index >= 15 is 0 Å². The van der Waals surface area contributed by atoms with Crippen molar-refractivity contribution in [1.29, 1.82) is 0 Å². The monoisotopic (exact) mass is 417 g/mol. The van der Waals surface area contributed by atoms with E-state index in [1.54, 1.807) is 25.1 Å². The lowest BCUT2D eigenvalue weighted by molar-refractivity contribution is -0.739. The van der Waals surface area contributed by atoms with Crippen molar-refractivity contribution in [1.82, 2.24) is 5.10 Å². The minimum Gasteiger partial charge on any atom is -0.854 e. The second-order valence-electron chi connectivity index (χ2n) is 6.16. The minimum atomic E-state index is -4.79. The van der Waals surface area contributed by atoms with Gasteiger partial charge in [-0.15, -0.1) is 13.2 Å². The second kappa shape index (κ2) is 8.73. The molecule has 1 heterocycles. The number of nitrogens with zero attached hydrogens (tertiary/aromatic N) is 3. The van der Waals surface area contributed by atoms with Gasteiger partial charge in [-0.3, -0.25) is 0 Å². The molecule has 0 N–H and O–H groups in total. The number of rotatable bonds is 5. The molecule has 0 fully saturated rings. The molecule has 5 nitrogen and oxygen atoms in total. The number of halogens is 4. The van der Waals surface area contributed by atoms with Gasteiger partial charge in [-0.2, -0.15) is 0 Å². The first-order valence-corrected chi connectivity index (χ1v) is 8.65. The van der Waals surface area contributed by atoms with Gasteiger partial charge in [0.05, 0.1) is 16.9 Å². The van der Waals surface area contributed by atoms with Crippen molar-refractivity contribution in [2.24, 2.45) is 5.10 Å². The van der Waals surface area contributed by atoms with Crippen molar-refractivity contribution < 1.29 is 32.2 Å². The highest BCUT2D eigenvalue weighted by atomic mass is 19.4. The van der Waals surface area contributed by atoms with Crippen LogP contribution < -0.4 is 14.6 Å². The highest BCUT2D eigenvalue weighted by molar-refractivity contribution is 5.93. The fourth-order valence-corrected chi connectivity index (χ4v) is 2.56. The highest BCUT2D eigenvalue weighted by Crippen LogP contribution is 2.28. The predicted octanol–water partition coefficient (Wildman–Crippen LogP) is 3.70. The lowest BCUT2D eigenvalue weighted by Gasteiger charge is -2.10. The summed E-state index contributed by atoms with van der Waals surface area (Å²) in [7, 11) is 0. The molecule has 9 heteroatoms. The van der Waals surface area contributed by atoms with E-state index < -0.39 is 23.8 Å². The molecule has 3 rings (SSSR count). The first-order chi connectivity index (χ1) is 14.2. The maximum atomic E-state index is 14.5. The van der Waals surface area contributed by atoms with E-state index in [9.17, 15) is 22.7 Å². The standard InChI is InChI=1S/C21H15F4N3O2/c1-14(20(29)27-28-11-3-2-10-26-28)12-15-4-9-18(19(22)13-15)16-5-7-17(8-6-16)30-21(23,24)25/h2-13H,1H3/b14-12+. The largest absolute Gasteiger partial charge is 0.854 e. The molecule has 154 valence electrons. The lowest BCUT2D eigenvalue weighted by atomic mass is 10.0. The molecule has 0 aliphatic carbocycles. The molecule has 0 spiro atoms. The van der Waals surface area contributed by atoms with Gasteiger partial charge < -0.3 is 9.84 Å². The van der Waals surface area contributed by atoms with Gasteiger partial charge in [0.15, 0.2) is 0 Å². The van der Waals surface area contributed by atoms with Crippen LogP contribution in [0.2, 0.25) is 0 Å². The molecule has 1 aromatic heterocycles. The number of aromatic nitrogens is 2. The summed E-state index contributed by atoms with van der Waals surface area (Å²) in [5.41, 5.74) is 1.28. The van der Waals surface area contributed by atoms with Crippen LogP contribution in [0.1, 0.15) is 12.5 Å². The summed E-state index contributed by atoms with van der Waals surface area (Å²) in [5.74, 6) is -1.53. The molecule has 30 heavy (non-hydrogen) atoms. The summed E-state index contributed by atoms with van der Waals surface area (Å²) >= 11 is 0. The van der Waals surface area contributed by atoms with Crippen LogP contribution in [0.15, 0.2) is 77.7 Å². The summed E-state index contributed by atoms with van der Waals surface area (Å²) in [6.07, 6.45) is -0.337. The van der Waals surface area contributed by atoms with Gasteiger partial charge in [0.25, 0.3) is 0 Å². The van der Waals surface area contributed by atoms with Crippen LogP contribution in [0.25, 0.3) is 17.2 Å². The number of hydrogen-bond acceptors (Lipinski definition) is 4. The number of ether oxygens (including phenoxy) is 1. The predicted molar refractivity (Wildman–Crippen MR) is 99.4 cm³/mol. The van der Waals surface area contributed by atoms with Gasteiger partial charge >= 0.3 is 6.36 Å². The molecule has 3 aromatic rings. The van der Waals surface area contributed by atoms with E-state index in [0.717, 1.165) is 16.9 Å². The Balaban J connectivity index is 1.79. The number of benzene rings is 2. The molecular formula is C21H15F4N3O2. The highest BCUT2D eigenvalue weighted by Gasteiger charge is 2.31. The molecule has 0 unspecified atom stereocenters. The van der Waals surface area contributed by atoms with Gasteiger partial charge in [0.1, 0.15) is 11.6 Å². The summed E-state index contributed by atoms with van der Waals surface area (Å²) < 4.78 is 55.0. The van der Waals surface area contributed by atoms with Crippen LogP contribution in [0, 0.1) is 5.82 Å². The van der Waals surface area contributed by atoms with E-state index in [4.69, 9.17) is 0 Å². The normalized spacial score (nSPS) is 12.7. The smallest absolute Gasteiger partial charge is 0.573 e. The quantitative estimate of drug-likeness (QED) is 0.275. The van der Waals surface area contributed by atoms with Gasteiger partial charge in [-0.05, 0) is 47.9 Å². The summed E-state index contributed by atoms with van der Waals surface area (Å²) in [6, 6.07) is 12.5. The third kappa shape index (κ3) is 5.63. The second-order valence-corrected chi connectivity index (χ2v) is 6.16. The Labute approximate surface area is 169 Å². The Hall–Kier alpha value is -3.75. The molecule has 0 atom stereocenters. The Kier molecular flexibility index (Phi) is 6.10. The van der Waals surface area contributed by atoms with Crippen molar-refractivity contribution in [3.63, 3.8) is 0 Å². The van der Waals surface area contributed by atoms with Crippen molar-refractivity contribution in [3.8, 4) is 16.9 Å². The van der Waals surface area contributed by atoms with Crippen molar-refractivity contribution in [3.05, 3.63) is 83.9 Å². The van der Waals surface area contributed by atoms with Crippen LogP contribution in [-0.2, 0) is 0 Å². The fourth-order valence-electron chi connectivity index (χ4n) is 2.56. The molecule has 0 radical (unpaired) electrons. The topological polar surface area (TPSA) is 61.4 Å². The van der Waals surface area contributed by atoms with E-state index in [1.807, 2.05) is 0 Å². The zero-order valence-corrected chi connectivity index (χ0v) is 15.6. The fraction of sp³-hybridized carbons (Fsp3) is 0.0952. The molecule has 0 amide bonds. The molecule has 0 saturated carbocycles. The van der Waals surface area contributed by atoms with E-state index in [2.05, 4.69) is 14.9 Å². The molecule has 0 aliphatic heterocycles. The van der Waals surface area contributed by atoms with E-state index in [1.165, 1.54) is 42.7 Å². The van der Waals surface area contributed by atoms with Crippen LogP contribution in [0.4, 0.5) is 17.6 Å². The van der Waals surface area contributed by atoms with Crippen LogP contribution in [0.3, 0.4) is 0 Å². The number of alkyl halides is 3. The zero-order chi connectivity index (χ0) is 21.7. The Morgan fingerprint density at radius 2 is 1.87 bits per heavy atom. The average Bonchev–Trinajstić information content (AvgIpc) is 2.68. The minimum absolute atomic E-state index is 0.198. The van der Waals surface area contributed by atoms with Crippen molar-refractivity contribution in [2.45, 2.75) is 13.3 Å². The van der Waals surface area contributed by atoms with Gasteiger partial charge in [-0.25, -0.2) is 4.39 Å². The Morgan fingerprint density at radius 1 is 1.13 bits per heavy atom.